The van der Waals surface area contributed by atoms with Crippen LogP contribution in [0.25, 0.3) is 16.7 Å². The Labute approximate surface area is 261 Å². The Hall–Kier alpha value is -4.79. The zero-order chi connectivity index (χ0) is 31.3. The van der Waals surface area contributed by atoms with E-state index < -0.39 is 5.97 Å². The molecule has 4 aliphatic rings. The second-order valence-electron chi connectivity index (χ2n) is 13.0. The number of nitrogens with zero attached hydrogens (tertiary/aromatic N) is 2. The molecule has 8 rings (SSSR count). The lowest BCUT2D eigenvalue weighted by atomic mass is 9.51. The van der Waals surface area contributed by atoms with Gasteiger partial charge in [0.1, 0.15) is 11.3 Å². The fraction of sp³-hybridized carbons (Fsp3) is 0.361. The Morgan fingerprint density at radius 1 is 0.956 bits per heavy atom. The average molecular weight is 605 g/mol. The Bertz CT molecular complexity index is 1850. The molecule has 4 aromatic rings. The van der Waals surface area contributed by atoms with Crippen LogP contribution in [0.3, 0.4) is 0 Å². The van der Waals surface area contributed by atoms with Gasteiger partial charge in [0.2, 0.25) is 5.91 Å². The maximum atomic E-state index is 13.8. The van der Waals surface area contributed by atoms with Gasteiger partial charge < -0.3 is 15.4 Å². The molecule has 9 heteroatoms. The number of ether oxygens (including phenoxy) is 1. The average Bonchev–Trinajstić information content (AvgIpc) is 3.03. The molecule has 0 radical (unpaired) electrons. The van der Waals surface area contributed by atoms with Gasteiger partial charge in [-0.3, -0.25) is 19.0 Å². The van der Waals surface area contributed by atoms with Crippen LogP contribution in [0.15, 0.2) is 77.7 Å². The number of amides is 2. The predicted octanol–water partition coefficient (Wildman–Crippen LogP) is 4.58. The third kappa shape index (κ3) is 5.20. The van der Waals surface area contributed by atoms with Gasteiger partial charge in [-0.05, 0) is 91.8 Å². The summed E-state index contributed by atoms with van der Waals surface area (Å²) in [6.45, 7) is 1.59. The first kappa shape index (κ1) is 29.0. The van der Waals surface area contributed by atoms with Crippen LogP contribution in [0.2, 0.25) is 0 Å². The summed E-state index contributed by atoms with van der Waals surface area (Å²) in [5.74, 6) is 0.593. The van der Waals surface area contributed by atoms with Crippen LogP contribution in [0.1, 0.15) is 71.0 Å². The number of nitrogens with one attached hydrogen (secondary N) is 2. The lowest BCUT2D eigenvalue weighted by Crippen LogP contribution is -2.66. The van der Waals surface area contributed by atoms with Crippen molar-refractivity contribution in [2.24, 2.45) is 17.8 Å². The molecule has 0 unspecified atom stereocenters. The largest absolute Gasteiger partial charge is 0.464 e. The standard InChI is InChI=1S/C36H36N4O5/c1-21(41)39-36-18-23-15-25(19-36)30(26(16-23)20-36)38-34(43)24-12-10-22(11-13-24)17-29-31(35(44)45-2)40(27-7-4-3-5-8-27)33-28(32(29)42)9-6-14-37-33/h3-14,23,25-26,30H,15-20H2,1-2H3,(H,38,43)(H,39,41)/t23-,25+,26-,30-,36-. The quantitative estimate of drug-likeness (QED) is 0.298. The fourth-order valence-electron chi connectivity index (χ4n) is 8.57. The van der Waals surface area contributed by atoms with E-state index in [0.29, 0.717) is 45.6 Å². The van der Waals surface area contributed by atoms with Crippen LogP contribution in [0.4, 0.5) is 0 Å². The van der Waals surface area contributed by atoms with Crippen molar-refractivity contribution < 1.29 is 19.1 Å². The van der Waals surface area contributed by atoms with E-state index in [-0.39, 0.29) is 40.9 Å². The molecule has 2 N–H and O–H groups in total. The SMILES string of the molecule is COC(=O)c1c(Cc2ccc(C(=O)N[C@H]3[C@@H]4C[C@H]5C[C@H]3C[C@](NC(C)=O)(C5)C4)cc2)c(=O)c2cccnc2n1-c1ccccc1. The van der Waals surface area contributed by atoms with Crippen LogP contribution >= 0.6 is 0 Å². The van der Waals surface area contributed by atoms with Crippen LogP contribution in [-0.4, -0.2) is 46.0 Å². The van der Waals surface area contributed by atoms with Gasteiger partial charge in [-0.15, -0.1) is 0 Å². The van der Waals surface area contributed by atoms with Crippen molar-refractivity contribution in [2.45, 2.75) is 57.0 Å². The van der Waals surface area contributed by atoms with Gasteiger partial charge in [-0.25, -0.2) is 9.78 Å². The minimum Gasteiger partial charge on any atom is -0.464 e. The number of aromatic nitrogens is 2. The summed E-state index contributed by atoms with van der Waals surface area (Å²) in [5, 5.41) is 6.98. The van der Waals surface area contributed by atoms with Crippen LogP contribution in [0.5, 0.6) is 0 Å². The number of carbonyl (C=O) groups excluding carboxylic acids is 3. The smallest absolute Gasteiger partial charge is 0.355 e. The highest BCUT2D eigenvalue weighted by molar-refractivity contribution is 5.95. The molecule has 2 aromatic carbocycles. The lowest BCUT2D eigenvalue weighted by molar-refractivity contribution is -0.125. The first-order valence-corrected chi connectivity index (χ1v) is 15.6. The number of methoxy groups -OCH3 is 1. The van der Waals surface area contributed by atoms with E-state index in [1.54, 1.807) is 42.0 Å². The van der Waals surface area contributed by atoms with E-state index in [4.69, 9.17) is 4.74 Å². The number of para-hydroxylation sites is 1. The van der Waals surface area contributed by atoms with Gasteiger partial charge in [0, 0.05) is 47.9 Å². The molecule has 0 saturated heterocycles. The highest BCUT2D eigenvalue weighted by Gasteiger charge is 2.56. The second kappa shape index (κ2) is 11.3. The molecule has 9 nitrogen and oxygen atoms in total. The minimum atomic E-state index is -0.634. The van der Waals surface area contributed by atoms with Crippen LogP contribution < -0.4 is 16.1 Å². The Kier molecular flexibility index (Phi) is 7.26. The Morgan fingerprint density at radius 3 is 2.33 bits per heavy atom. The monoisotopic (exact) mass is 604 g/mol. The van der Waals surface area contributed by atoms with Gasteiger partial charge in [-0.2, -0.15) is 0 Å². The third-order valence-electron chi connectivity index (χ3n) is 10.0. The first-order chi connectivity index (χ1) is 21.7. The molecule has 0 aliphatic heterocycles. The topological polar surface area (TPSA) is 119 Å². The molecule has 4 aliphatic carbocycles. The summed E-state index contributed by atoms with van der Waals surface area (Å²) in [7, 11) is 1.30. The maximum Gasteiger partial charge on any atom is 0.355 e. The highest BCUT2D eigenvalue weighted by Crippen LogP contribution is 2.55. The van der Waals surface area contributed by atoms with Crippen molar-refractivity contribution in [3.8, 4) is 5.69 Å². The normalized spacial score (nSPS) is 24.8. The van der Waals surface area contributed by atoms with Crippen molar-refractivity contribution >= 4 is 28.8 Å². The molecule has 4 fully saturated rings. The number of hydrogen-bond acceptors (Lipinski definition) is 6. The number of hydrogen-bond donors (Lipinski definition) is 2. The van der Waals surface area contributed by atoms with E-state index >= 15 is 0 Å². The van der Waals surface area contributed by atoms with E-state index in [1.165, 1.54) is 7.11 Å². The van der Waals surface area contributed by atoms with E-state index in [9.17, 15) is 19.2 Å². The van der Waals surface area contributed by atoms with Crippen LogP contribution in [-0.2, 0) is 16.0 Å². The first-order valence-electron chi connectivity index (χ1n) is 15.6. The zero-order valence-corrected chi connectivity index (χ0v) is 25.4. The van der Waals surface area contributed by atoms with E-state index in [0.717, 1.165) is 37.7 Å². The summed E-state index contributed by atoms with van der Waals surface area (Å²) in [5.41, 5.74) is 2.40. The Balaban J connectivity index is 1.16. The van der Waals surface area contributed by atoms with E-state index in [2.05, 4.69) is 15.6 Å². The summed E-state index contributed by atoms with van der Waals surface area (Å²) >= 11 is 0. The summed E-state index contributed by atoms with van der Waals surface area (Å²) < 4.78 is 6.85. The summed E-state index contributed by atoms with van der Waals surface area (Å²) in [6, 6.07) is 20.0. The number of rotatable bonds is 7. The molecule has 4 saturated carbocycles. The summed E-state index contributed by atoms with van der Waals surface area (Å²) in [4.78, 5) is 56.9. The fourth-order valence-corrected chi connectivity index (χ4v) is 8.57. The number of fused-ring (bicyclic) bond motifs is 1. The van der Waals surface area contributed by atoms with Crippen molar-refractivity contribution in [1.82, 2.24) is 20.2 Å². The molecule has 0 spiro atoms. The number of pyridine rings is 2. The number of carbonyl (C=O) groups is 3. The molecule has 2 amide bonds. The van der Waals surface area contributed by atoms with Gasteiger partial charge in [-0.1, -0.05) is 30.3 Å². The molecule has 230 valence electrons. The molecule has 45 heavy (non-hydrogen) atoms. The lowest BCUT2D eigenvalue weighted by Gasteiger charge is -2.60. The van der Waals surface area contributed by atoms with Crippen molar-refractivity contribution in [1.29, 1.82) is 0 Å². The van der Waals surface area contributed by atoms with Crippen molar-refractivity contribution in [3.63, 3.8) is 0 Å². The van der Waals surface area contributed by atoms with E-state index in [1.807, 2.05) is 42.5 Å². The molecular weight excluding hydrogens is 568 g/mol. The maximum absolute atomic E-state index is 13.8. The summed E-state index contributed by atoms with van der Waals surface area (Å²) in [6.07, 6.45) is 6.81. The van der Waals surface area contributed by atoms with Gasteiger partial charge in [0.05, 0.1) is 12.5 Å². The predicted molar refractivity (Wildman–Crippen MR) is 169 cm³/mol. The van der Waals surface area contributed by atoms with Gasteiger partial charge in [0.25, 0.3) is 5.91 Å². The minimum absolute atomic E-state index is 0.0238. The number of esters is 1. The zero-order valence-electron chi connectivity index (χ0n) is 25.4. The molecule has 4 bridgehead atoms. The van der Waals surface area contributed by atoms with Crippen LogP contribution in [0, 0.1) is 17.8 Å². The van der Waals surface area contributed by atoms with Crippen molar-refractivity contribution in [3.05, 3.63) is 106 Å². The van der Waals surface area contributed by atoms with Gasteiger partial charge >= 0.3 is 5.97 Å². The number of benzene rings is 2. The Morgan fingerprint density at radius 2 is 1.67 bits per heavy atom. The second-order valence-corrected chi connectivity index (χ2v) is 13.0. The molecule has 2 heterocycles. The molecule has 5 atom stereocenters. The van der Waals surface area contributed by atoms with Crippen molar-refractivity contribution in [2.75, 3.05) is 7.11 Å². The van der Waals surface area contributed by atoms with Gasteiger partial charge in [0.15, 0.2) is 5.43 Å². The third-order valence-corrected chi connectivity index (χ3v) is 10.0. The molecule has 2 aromatic heterocycles. The molecular formula is C36H36N4O5. The highest BCUT2D eigenvalue weighted by atomic mass is 16.5.